The van der Waals surface area contributed by atoms with Gasteiger partial charge in [-0.2, -0.15) is 13.2 Å². The Morgan fingerprint density at radius 3 is 2.65 bits per heavy atom. The number of alkyl halides is 3. The van der Waals surface area contributed by atoms with Crippen molar-refractivity contribution in [2.24, 2.45) is 5.41 Å². The summed E-state index contributed by atoms with van der Waals surface area (Å²) in [5.74, 6) is 0.219. The quantitative estimate of drug-likeness (QED) is 0.649. The second-order valence-corrected chi connectivity index (χ2v) is 10.1. The molecular weight excluding hydrogens is 447 g/mol. The number of ether oxygens (including phenoxy) is 1. The number of rotatable bonds is 6. The average molecular weight is 478 g/mol. The molecule has 2 heterocycles. The third-order valence-corrected chi connectivity index (χ3v) is 7.75. The number of amides is 2. The number of hydrogen-bond acceptors (Lipinski definition) is 4. The van der Waals surface area contributed by atoms with E-state index in [1.165, 1.54) is 0 Å². The fourth-order valence-corrected chi connectivity index (χ4v) is 5.39. The van der Waals surface area contributed by atoms with Crippen LogP contribution in [0.5, 0.6) is 5.75 Å². The molecule has 0 aromatic heterocycles. The first kappa shape index (κ1) is 23.2. The maximum Gasteiger partial charge on any atom is 0.395 e. The van der Waals surface area contributed by atoms with Gasteiger partial charge in [-0.25, -0.2) is 0 Å². The molecule has 184 valence electrons. The standard InChI is InChI=1S/C25H30F3N3O3/c1-15-6-9-20(22(32)30-15)31-13-16-12-17(7-8-18(16)23(31)33)34-21-5-3-2-4-19(21)29-14-24(10-11-24)25(26,27)28/h7-8,12,19-21,29H,1-6,9-11,13-14H2,(H,30,32)/t19-,20?,21+/m0/s1. The summed E-state index contributed by atoms with van der Waals surface area (Å²) in [6.45, 7) is 4.05. The first-order valence-electron chi connectivity index (χ1n) is 12.1. The van der Waals surface area contributed by atoms with Crippen molar-refractivity contribution in [3.63, 3.8) is 0 Å². The Bertz CT molecular complexity index is 1000. The van der Waals surface area contributed by atoms with Crippen LogP contribution in [0.15, 0.2) is 30.5 Å². The highest BCUT2D eigenvalue weighted by Crippen LogP contribution is 2.57. The molecule has 2 aliphatic carbocycles. The van der Waals surface area contributed by atoms with Gasteiger partial charge >= 0.3 is 6.18 Å². The van der Waals surface area contributed by atoms with Crippen molar-refractivity contribution < 1.29 is 27.5 Å². The zero-order valence-electron chi connectivity index (χ0n) is 19.0. The summed E-state index contributed by atoms with van der Waals surface area (Å²) < 4.78 is 46.2. The second-order valence-electron chi connectivity index (χ2n) is 10.1. The Kier molecular flexibility index (Phi) is 5.86. The van der Waals surface area contributed by atoms with Crippen LogP contribution in [0, 0.1) is 5.41 Å². The predicted molar refractivity (Wildman–Crippen MR) is 119 cm³/mol. The zero-order valence-corrected chi connectivity index (χ0v) is 19.0. The molecule has 0 spiro atoms. The van der Waals surface area contributed by atoms with Crippen LogP contribution in [0.25, 0.3) is 0 Å². The summed E-state index contributed by atoms with van der Waals surface area (Å²) >= 11 is 0. The normalized spacial score (nSPS) is 28.5. The van der Waals surface area contributed by atoms with E-state index >= 15 is 0 Å². The van der Waals surface area contributed by atoms with E-state index in [4.69, 9.17) is 4.74 Å². The molecule has 5 rings (SSSR count). The molecular formula is C25H30F3N3O3. The van der Waals surface area contributed by atoms with Crippen molar-refractivity contribution >= 4 is 11.8 Å². The van der Waals surface area contributed by atoms with E-state index in [1.807, 2.05) is 6.07 Å². The number of nitrogens with one attached hydrogen (secondary N) is 2. The van der Waals surface area contributed by atoms with Crippen LogP contribution in [0.2, 0.25) is 0 Å². The number of benzene rings is 1. The molecule has 0 radical (unpaired) electrons. The lowest BCUT2D eigenvalue weighted by molar-refractivity contribution is -0.186. The topological polar surface area (TPSA) is 70.7 Å². The molecule has 6 nitrogen and oxygen atoms in total. The van der Waals surface area contributed by atoms with Crippen LogP contribution in [-0.2, 0) is 11.3 Å². The summed E-state index contributed by atoms with van der Waals surface area (Å²) in [7, 11) is 0. The highest BCUT2D eigenvalue weighted by Gasteiger charge is 2.62. The zero-order chi connectivity index (χ0) is 24.1. The van der Waals surface area contributed by atoms with Crippen LogP contribution in [0.4, 0.5) is 13.2 Å². The van der Waals surface area contributed by atoms with Gasteiger partial charge in [-0.15, -0.1) is 0 Å². The lowest BCUT2D eigenvalue weighted by atomic mass is 9.91. The van der Waals surface area contributed by atoms with Gasteiger partial charge in [-0.05, 0) is 68.7 Å². The summed E-state index contributed by atoms with van der Waals surface area (Å²) in [5.41, 5.74) is 0.446. The second kappa shape index (κ2) is 8.59. The van der Waals surface area contributed by atoms with Crippen molar-refractivity contribution in [2.45, 2.75) is 82.3 Å². The molecule has 2 saturated carbocycles. The number of hydrogen-bond donors (Lipinski definition) is 2. The van der Waals surface area contributed by atoms with E-state index in [0.717, 1.165) is 31.2 Å². The first-order chi connectivity index (χ1) is 16.2. The molecule has 3 fully saturated rings. The Morgan fingerprint density at radius 2 is 1.94 bits per heavy atom. The number of halogens is 3. The number of nitrogens with zero attached hydrogens (tertiary/aromatic N) is 1. The molecule has 1 unspecified atom stereocenters. The van der Waals surface area contributed by atoms with Crippen molar-refractivity contribution in [3.8, 4) is 5.75 Å². The Morgan fingerprint density at radius 1 is 1.18 bits per heavy atom. The Balaban J connectivity index is 1.25. The van der Waals surface area contributed by atoms with E-state index in [1.54, 1.807) is 17.0 Å². The molecule has 1 aromatic rings. The lowest BCUT2D eigenvalue weighted by Gasteiger charge is -2.34. The molecule has 2 amide bonds. The monoisotopic (exact) mass is 477 g/mol. The summed E-state index contributed by atoms with van der Waals surface area (Å²) in [6.07, 6.45) is 0.619. The van der Waals surface area contributed by atoms with Gasteiger partial charge in [0.1, 0.15) is 17.9 Å². The minimum Gasteiger partial charge on any atom is -0.489 e. The maximum absolute atomic E-state index is 13.3. The van der Waals surface area contributed by atoms with E-state index in [2.05, 4.69) is 17.2 Å². The van der Waals surface area contributed by atoms with Gasteiger partial charge in [0, 0.05) is 30.4 Å². The number of piperidine rings is 1. The Labute approximate surface area is 196 Å². The molecule has 2 N–H and O–H groups in total. The summed E-state index contributed by atoms with van der Waals surface area (Å²) in [5, 5.41) is 5.89. The molecule has 4 aliphatic rings. The third kappa shape index (κ3) is 4.30. The lowest BCUT2D eigenvalue weighted by Crippen LogP contribution is -2.49. The van der Waals surface area contributed by atoms with E-state index in [0.29, 0.717) is 36.4 Å². The molecule has 3 atom stereocenters. The van der Waals surface area contributed by atoms with Crippen LogP contribution in [0.1, 0.15) is 67.3 Å². The van der Waals surface area contributed by atoms with Gasteiger partial charge in [0.05, 0.1) is 5.41 Å². The molecule has 1 aromatic carbocycles. The van der Waals surface area contributed by atoms with Crippen molar-refractivity contribution in [2.75, 3.05) is 6.54 Å². The predicted octanol–water partition coefficient (Wildman–Crippen LogP) is 4.06. The number of allylic oxidation sites excluding steroid dienone is 1. The highest BCUT2D eigenvalue weighted by atomic mass is 19.4. The van der Waals surface area contributed by atoms with Gasteiger partial charge in [-0.1, -0.05) is 13.0 Å². The fourth-order valence-electron chi connectivity index (χ4n) is 5.39. The highest BCUT2D eigenvalue weighted by molar-refractivity contribution is 6.01. The van der Waals surface area contributed by atoms with Crippen molar-refractivity contribution in [3.05, 3.63) is 41.6 Å². The van der Waals surface area contributed by atoms with Gasteiger partial charge in [0.15, 0.2) is 0 Å². The average Bonchev–Trinajstić information content (AvgIpc) is 3.52. The number of fused-ring (bicyclic) bond motifs is 1. The number of carbonyl (C=O) groups is 2. The SMILES string of the molecule is C=C1CCC(N2Cc3cc(O[C@@H]4CCCC[C@@H]4NCC4(C(F)(F)F)CC4)ccc3C2=O)C(=O)N1. The molecule has 2 aliphatic heterocycles. The number of carbonyl (C=O) groups excluding carboxylic acids is 2. The van der Waals surface area contributed by atoms with E-state index < -0.39 is 17.6 Å². The Hall–Kier alpha value is -2.55. The molecule has 1 saturated heterocycles. The molecule has 0 bridgehead atoms. The third-order valence-electron chi connectivity index (χ3n) is 7.75. The summed E-state index contributed by atoms with van der Waals surface area (Å²) in [4.78, 5) is 26.9. The molecule has 34 heavy (non-hydrogen) atoms. The van der Waals surface area contributed by atoms with Crippen LogP contribution >= 0.6 is 0 Å². The van der Waals surface area contributed by atoms with E-state index in [-0.39, 0.29) is 43.3 Å². The summed E-state index contributed by atoms with van der Waals surface area (Å²) in [6, 6.07) is 4.63. The van der Waals surface area contributed by atoms with Crippen LogP contribution in [-0.4, -0.2) is 47.6 Å². The van der Waals surface area contributed by atoms with Crippen LogP contribution < -0.4 is 15.4 Å². The van der Waals surface area contributed by atoms with Crippen molar-refractivity contribution in [1.82, 2.24) is 15.5 Å². The maximum atomic E-state index is 13.3. The minimum atomic E-state index is -4.17. The van der Waals surface area contributed by atoms with Crippen molar-refractivity contribution in [1.29, 1.82) is 0 Å². The smallest absolute Gasteiger partial charge is 0.395 e. The van der Waals surface area contributed by atoms with Gasteiger partial charge < -0.3 is 20.3 Å². The first-order valence-corrected chi connectivity index (χ1v) is 12.1. The van der Waals surface area contributed by atoms with Gasteiger partial charge in [-0.3, -0.25) is 9.59 Å². The fraction of sp³-hybridized carbons (Fsp3) is 0.600. The van der Waals surface area contributed by atoms with E-state index in [9.17, 15) is 22.8 Å². The largest absolute Gasteiger partial charge is 0.489 e. The minimum absolute atomic E-state index is 0.0649. The molecule has 9 heteroatoms. The van der Waals surface area contributed by atoms with Crippen LogP contribution in [0.3, 0.4) is 0 Å². The van der Waals surface area contributed by atoms with Gasteiger partial charge in [0.25, 0.3) is 5.91 Å². The van der Waals surface area contributed by atoms with Gasteiger partial charge in [0.2, 0.25) is 5.91 Å².